The van der Waals surface area contributed by atoms with E-state index in [4.69, 9.17) is 4.74 Å². The Morgan fingerprint density at radius 3 is 2.50 bits per heavy atom. The van der Waals surface area contributed by atoms with Gasteiger partial charge in [-0.2, -0.15) is 0 Å². The van der Waals surface area contributed by atoms with E-state index in [0.717, 1.165) is 5.56 Å². The van der Waals surface area contributed by atoms with Crippen LogP contribution in [0.4, 0.5) is 4.39 Å². The van der Waals surface area contributed by atoms with Crippen molar-refractivity contribution in [2.24, 2.45) is 0 Å². The Morgan fingerprint density at radius 1 is 1.22 bits per heavy atom. The van der Waals surface area contributed by atoms with Gasteiger partial charge in [0.1, 0.15) is 5.82 Å². The molecule has 4 nitrogen and oxygen atoms in total. The zero-order valence-corrected chi connectivity index (χ0v) is 10.2. The molecule has 1 aromatic carbocycles. The van der Waals surface area contributed by atoms with Gasteiger partial charge < -0.3 is 10.1 Å². The van der Waals surface area contributed by atoms with E-state index >= 15 is 0 Å². The molecule has 0 saturated heterocycles. The first-order valence-electron chi connectivity index (χ1n) is 5.78. The van der Waals surface area contributed by atoms with E-state index in [1.807, 2.05) is 0 Å². The molecule has 98 valence electrons. The molecule has 0 unspecified atom stereocenters. The van der Waals surface area contributed by atoms with Crippen LogP contribution in [0.2, 0.25) is 0 Å². The Labute approximate surface area is 105 Å². The van der Waals surface area contributed by atoms with Crippen molar-refractivity contribution in [2.45, 2.75) is 26.3 Å². The maximum atomic E-state index is 12.6. The average molecular weight is 253 g/mol. The molecule has 0 spiro atoms. The molecule has 0 aliphatic heterocycles. The summed E-state index contributed by atoms with van der Waals surface area (Å²) in [5.41, 5.74) is 0.806. The average Bonchev–Trinajstić information content (AvgIpc) is 2.36. The number of hydrogen-bond acceptors (Lipinski definition) is 3. The van der Waals surface area contributed by atoms with Gasteiger partial charge in [0.2, 0.25) is 5.91 Å². The number of carbonyl (C=O) groups excluding carboxylic acids is 2. The Bertz CT molecular complexity index is 403. The molecule has 5 heteroatoms. The molecule has 0 aliphatic rings. The molecule has 0 radical (unpaired) electrons. The molecule has 1 aromatic rings. The van der Waals surface area contributed by atoms with Crippen molar-refractivity contribution in [3.05, 3.63) is 35.6 Å². The fourth-order valence-electron chi connectivity index (χ4n) is 1.34. The van der Waals surface area contributed by atoms with Gasteiger partial charge in [-0.1, -0.05) is 12.1 Å². The summed E-state index contributed by atoms with van der Waals surface area (Å²) in [7, 11) is 0. The van der Waals surface area contributed by atoms with Crippen LogP contribution in [0.15, 0.2) is 24.3 Å². The van der Waals surface area contributed by atoms with Crippen molar-refractivity contribution in [3.63, 3.8) is 0 Å². The fraction of sp³-hybridized carbons (Fsp3) is 0.385. The summed E-state index contributed by atoms with van der Waals surface area (Å²) < 4.78 is 17.3. The molecule has 0 atom stereocenters. The first kappa shape index (κ1) is 14.2. The SMILES string of the molecule is CCOC(=O)CCC(=O)NCc1ccc(F)cc1. The number of ether oxygens (including phenoxy) is 1. The van der Waals surface area contributed by atoms with E-state index in [1.54, 1.807) is 19.1 Å². The van der Waals surface area contributed by atoms with E-state index in [-0.39, 0.29) is 30.5 Å². The van der Waals surface area contributed by atoms with E-state index < -0.39 is 0 Å². The first-order valence-corrected chi connectivity index (χ1v) is 5.78. The second-order valence-electron chi connectivity index (χ2n) is 3.71. The standard InChI is InChI=1S/C13H16FNO3/c1-2-18-13(17)8-7-12(16)15-9-10-3-5-11(14)6-4-10/h3-6H,2,7-9H2,1H3,(H,15,16). The Kier molecular flexibility index (Phi) is 5.84. The third-order valence-corrected chi connectivity index (χ3v) is 2.26. The number of halogens is 1. The largest absolute Gasteiger partial charge is 0.466 e. The van der Waals surface area contributed by atoms with Crippen LogP contribution in [0.1, 0.15) is 25.3 Å². The number of nitrogens with one attached hydrogen (secondary N) is 1. The number of hydrogen-bond donors (Lipinski definition) is 1. The van der Waals surface area contributed by atoms with E-state index in [2.05, 4.69) is 5.32 Å². The van der Waals surface area contributed by atoms with Gasteiger partial charge in [0.15, 0.2) is 0 Å². The summed E-state index contributed by atoms with van der Waals surface area (Å²) in [6.45, 7) is 2.35. The number of benzene rings is 1. The summed E-state index contributed by atoms with van der Waals surface area (Å²) in [4.78, 5) is 22.4. The monoisotopic (exact) mass is 253 g/mol. The molecule has 1 rings (SSSR count). The summed E-state index contributed by atoms with van der Waals surface area (Å²) >= 11 is 0. The summed E-state index contributed by atoms with van der Waals surface area (Å²) in [6.07, 6.45) is 0.170. The molecule has 0 saturated carbocycles. The van der Waals surface area contributed by atoms with E-state index in [0.29, 0.717) is 13.2 Å². The van der Waals surface area contributed by atoms with Crippen molar-refractivity contribution < 1.29 is 18.7 Å². The molecular formula is C13H16FNO3. The number of esters is 1. The van der Waals surface area contributed by atoms with Gasteiger partial charge in [-0.25, -0.2) is 4.39 Å². The Hall–Kier alpha value is -1.91. The molecule has 0 aliphatic carbocycles. The maximum absolute atomic E-state index is 12.6. The predicted octanol–water partition coefficient (Wildman–Crippen LogP) is 1.79. The highest BCUT2D eigenvalue weighted by Gasteiger charge is 2.07. The zero-order chi connectivity index (χ0) is 13.4. The summed E-state index contributed by atoms with van der Waals surface area (Å²) in [5.74, 6) is -0.922. The zero-order valence-electron chi connectivity index (χ0n) is 10.2. The minimum Gasteiger partial charge on any atom is -0.466 e. The van der Waals surface area contributed by atoms with Crippen LogP contribution in [-0.2, 0) is 20.9 Å². The fourth-order valence-corrected chi connectivity index (χ4v) is 1.34. The van der Waals surface area contributed by atoms with Gasteiger partial charge in [0.05, 0.1) is 13.0 Å². The van der Waals surface area contributed by atoms with Gasteiger partial charge in [-0.15, -0.1) is 0 Å². The highest BCUT2D eigenvalue weighted by atomic mass is 19.1. The molecule has 18 heavy (non-hydrogen) atoms. The lowest BCUT2D eigenvalue weighted by Gasteiger charge is -2.05. The predicted molar refractivity (Wildman–Crippen MR) is 64.1 cm³/mol. The van der Waals surface area contributed by atoms with Crippen molar-refractivity contribution in [3.8, 4) is 0 Å². The van der Waals surface area contributed by atoms with Crippen LogP contribution in [0.3, 0.4) is 0 Å². The highest BCUT2D eigenvalue weighted by molar-refractivity contribution is 5.81. The van der Waals surface area contributed by atoms with Crippen LogP contribution in [0, 0.1) is 5.82 Å². The second-order valence-corrected chi connectivity index (χ2v) is 3.71. The Balaban J connectivity index is 2.24. The first-order chi connectivity index (χ1) is 8.61. The third kappa shape index (κ3) is 5.43. The van der Waals surface area contributed by atoms with Crippen LogP contribution < -0.4 is 5.32 Å². The van der Waals surface area contributed by atoms with Crippen molar-refractivity contribution in [1.82, 2.24) is 5.32 Å². The van der Waals surface area contributed by atoms with Gasteiger partial charge >= 0.3 is 5.97 Å². The molecule has 0 bridgehead atoms. The minimum absolute atomic E-state index is 0.0725. The third-order valence-electron chi connectivity index (χ3n) is 2.26. The summed E-state index contributed by atoms with van der Waals surface area (Å²) in [6, 6.07) is 5.86. The van der Waals surface area contributed by atoms with Crippen LogP contribution in [-0.4, -0.2) is 18.5 Å². The van der Waals surface area contributed by atoms with E-state index in [9.17, 15) is 14.0 Å². The molecule has 1 N–H and O–H groups in total. The smallest absolute Gasteiger partial charge is 0.306 e. The van der Waals surface area contributed by atoms with Crippen LogP contribution in [0.25, 0.3) is 0 Å². The maximum Gasteiger partial charge on any atom is 0.306 e. The lowest BCUT2D eigenvalue weighted by Crippen LogP contribution is -2.23. The number of rotatable bonds is 6. The lowest BCUT2D eigenvalue weighted by atomic mass is 10.2. The molecule has 0 aromatic heterocycles. The number of carbonyl (C=O) groups is 2. The van der Waals surface area contributed by atoms with Gasteiger partial charge in [0, 0.05) is 13.0 Å². The Morgan fingerprint density at radius 2 is 1.89 bits per heavy atom. The van der Waals surface area contributed by atoms with Gasteiger partial charge in [0.25, 0.3) is 0 Å². The normalized spacial score (nSPS) is 9.89. The van der Waals surface area contributed by atoms with Crippen molar-refractivity contribution in [1.29, 1.82) is 0 Å². The summed E-state index contributed by atoms with van der Waals surface area (Å²) in [5, 5.41) is 2.65. The lowest BCUT2D eigenvalue weighted by molar-refractivity contribution is -0.144. The van der Waals surface area contributed by atoms with Crippen LogP contribution >= 0.6 is 0 Å². The second kappa shape index (κ2) is 7.42. The molecule has 1 amide bonds. The quantitative estimate of drug-likeness (QED) is 0.786. The highest BCUT2D eigenvalue weighted by Crippen LogP contribution is 2.02. The molecule has 0 heterocycles. The van der Waals surface area contributed by atoms with Gasteiger partial charge in [-0.3, -0.25) is 9.59 Å². The van der Waals surface area contributed by atoms with E-state index in [1.165, 1.54) is 12.1 Å². The number of amides is 1. The van der Waals surface area contributed by atoms with Gasteiger partial charge in [-0.05, 0) is 24.6 Å². The topological polar surface area (TPSA) is 55.4 Å². The van der Waals surface area contributed by atoms with Crippen LogP contribution in [0.5, 0.6) is 0 Å². The minimum atomic E-state index is -0.380. The van der Waals surface area contributed by atoms with Crippen molar-refractivity contribution in [2.75, 3.05) is 6.61 Å². The molecule has 0 fully saturated rings. The van der Waals surface area contributed by atoms with Crippen molar-refractivity contribution >= 4 is 11.9 Å². The molecular weight excluding hydrogens is 237 g/mol.